The zero-order chi connectivity index (χ0) is 21.3. The average Bonchev–Trinajstić information content (AvgIpc) is 3.47. The van der Waals surface area contributed by atoms with Gasteiger partial charge >= 0.3 is 0 Å². The Kier molecular flexibility index (Phi) is 5.69. The van der Waals surface area contributed by atoms with E-state index in [9.17, 15) is 13.2 Å². The van der Waals surface area contributed by atoms with E-state index in [1.165, 1.54) is 34.0 Å². The fraction of sp³-hybridized carbons (Fsp3) is 0.105. The van der Waals surface area contributed by atoms with Gasteiger partial charge in [0.25, 0.3) is 5.91 Å². The lowest BCUT2D eigenvalue weighted by Gasteiger charge is -2.16. The van der Waals surface area contributed by atoms with Crippen LogP contribution < -0.4 is 9.62 Å². The maximum absolute atomic E-state index is 12.5. The summed E-state index contributed by atoms with van der Waals surface area (Å²) in [5.74, 6) is -0.307. The van der Waals surface area contributed by atoms with E-state index >= 15 is 0 Å². The molecule has 3 aromatic heterocycles. The number of nitrogens with zero attached hydrogens (tertiary/aromatic N) is 3. The van der Waals surface area contributed by atoms with E-state index in [1.54, 1.807) is 41.0 Å². The second-order valence-corrected chi connectivity index (χ2v) is 10.8. The van der Waals surface area contributed by atoms with E-state index in [0.717, 1.165) is 22.4 Å². The minimum absolute atomic E-state index is 0.307. The fourth-order valence-electron chi connectivity index (χ4n) is 2.56. The van der Waals surface area contributed by atoms with Crippen molar-refractivity contribution in [3.63, 3.8) is 0 Å². The first kappa shape index (κ1) is 20.7. The van der Waals surface area contributed by atoms with Gasteiger partial charge in [-0.05, 0) is 23.6 Å². The Bertz CT molecular complexity index is 1280. The molecule has 1 N–H and O–H groups in total. The molecule has 1 amide bonds. The molecule has 0 saturated carbocycles. The van der Waals surface area contributed by atoms with Crippen molar-refractivity contribution in [1.29, 1.82) is 0 Å². The van der Waals surface area contributed by atoms with Crippen LogP contribution in [0.2, 0.25) is 0 Å². The molecule has 0 aliphatic rings. The van der Waals surface area contributed by atoms with Crippen LogP contribution in [0.5, 0.6) is 0 Å². The van der Waals surface area contributed by atoms with Crippen molar-refractivity contribution in [2.75, 3.05) is 22.9 Å². The highest BCUT2D eigenvalue weighted by atomic mass is 32.2. The van der Waals surface area contributed by atoms with Crippen LogP contribution in [0.3, 0.4) is 0 Å². The van der Waals surface area contributed by atoms with Gasteiger partial charge in [-0.1, -0.05) is 12.1 Å². The Morgan fingerprint density at radius 2 is 1.77 bits per heavy atom. The third-order valence-electron chi connectivity index (χ3n) is 4.25. The van der Waals surface area contributed by atoms with Gasteiger partial charge < -0.3 is 0 Å². The van der Waals surface area contributed by atoms with Crippen LogP contribution in [0.4, 0.5) is 10.8 Å². The largest absolute Gasteiger partial charge is 0.296 e. The molecule has 1 aromatic carbocycles. The van der Waals surface area contributed by atoms with Crippen molar-refractivity contribution in [3.8, 4) is 21.8 Å². The van der Waals surface area contributed by atoms with Crippen molar-refractivity contribution >= 4 is 60.8 Å². The number of sulfonamides is 1. The molecule has 0 aliphatic carbocycles. The molecule has 7 nitrogen and oxygen atoms in total. The van der Waals surface area contributed by atoms with E-state index < -0.39 is 10.0 Å². The van der Waals surface area contributed by atoms with Crippen molar-refractivity contribution in [2.24, 2.45) is 0 Å². The fourth-order valence-corrected chi connectivity index (χ4v) is 5.29. The highest BCUT2D eigenvalue weighted by Crippen LogP contribution is 2.29. The summed E-state index contributed by atoms with van der Waals surface area (Å²) in [6, 6.07) is 9.00. The van der Waals surface area contributed by atoms with E-state index in [2.05, 4.69) is 15.3 Å². The SMILES string of the molecule is CN(c1ccc(-c2csc(NC(=O)c3csc(-c4ccsc4)n3)n2)cc1)S(C)(=O)=O. The lowest BCUT2D eigenvalue weighted by atomic mass is 10.1. The van der Waals surface area contributed by atoms with Crippen LogP contribution in [-0.2, 0) is 10.0 Å². The molecule has 0 spiro atoms. The number of hydrogen-bond acceptors (Lipinski definition) is 8. The minimum atomic E-state index is -3.31. The average molecular weight is 477 g/mol. The number of hydrogen-bond donors (Lipinski definition) is 1. The van der Waals surface area contributed by atoms with Crippen LogP contribution in [0.25, 0.3) is 21.8 Å². The summed E-state index contributed by atoms with van der Waals surface area (Å²) in [5, 5.41) is 11.6. The van der Waals surface area contributed by atoms with Crippen molar-refractivity contribution in [3.05, 3.63) is 57.5 Å². The van der Waals surface area contributed by atoms with Crippen molar-refractivity contribution < 1.29 is 13.2 Å². The Morgan fingerprint density at radius 3 is 2.43 bits per heavy atom. The molecule has 3 heterocycles. The number of carbonyl (C=O) groups is 1. The number of amides is 1. The van der Waals surface area contributed by atoms with E-state index in [-0.39, 0.29) is 5.91 Å². The second-order valence-electron chi connectivity index (χ2n) is 6.32. The van der Waals surface area contributed by atoms with Gasteiger partial charge in [0.2, 0.25) is 10.0 Å². The van der Waals surface area contributed by atoms with Gasteiger partial charge in [-0.2, -0.15) is 11.3 Å². The number of anilines is 2. The monoisotopic (exact) mass is 476 g/mol. The topological polar surface area (TPSA) is 92.3 Å². The number of thiazole rings is 2. The van der Waals surface area contributed by atoms with Crippen LogP contribution in [0.1, 0.15) is 10.5 Å². The smallest absolute Gasteiger partial charge is 0.276 e. The van der Waals surface area contributed by atoms with E-state index in [1.807, 2.05) is 22.2 Å². The Morgan fingerprint density at radius 1 is 1.00 bits per heavy atom. The van der Waals surface area contributed by atoms with Crippen LogP contribution in [0.15, 0.2) is 51.9 Å². The first-order chi connectivity index (χ1) is 14.3. The molecule has 0 radical (unpaired) electrons. The summed E-state index contributed by atoms with van der Waals surface area (Å²) in [7, 11) is -1.81. The summed E-state index contributed by atoms with van der Waals surface area (Å²) in [4.78, 5) is 21.4. The summed E-state index contributed by atoms with van der Waals surface area (Å²) in [6.07, 6.45) is 1.15. The Balaban J connectivity index is 1.46. The van der Waals surface area contributed by atoms with Gasteiger partial charge in [0.05, 0.1) is 17.6 Å². The van der Waals surface area contributed by atoms with Gasteiger partial charge in [-0.15, -0.1) is 22.7 Å². The van der Waals surface area contributed by atoms with E-state index in [4.69, 9.17) is 0 Å². The lowest BCUT2D eigenvalue weighted by Crippen LogP contribution is -2.24. The molecule has 4 aromatic rings. The van der Waals surface area contributed by atoms with Gasteiger partial charge in [0, 0.05) is 34.3 Å². The molecule has 0 atom stereocenters. The molecule has 11 heteroatoms. The number of carbonyl (C=O) groups excluding carboxylic acids is 1. The number of nitrogens with one attached hydrogen (secondary N) is 1. The molecular formula is C19H16N4O3S4. The number of thiophene rings is 1. The molecule has 0 unspecified atom stereocenters. The first-order valence-corrected chi connectivity index (χ1v) is 13.2. The number of aromatic nitrogens is 2. The van der Waals surface area contributed by atoms with Gasteiger partial charge in [0.15, 0.2) is 5.13 Å². The lowest BCUT2D eigenvalue weighted by molar-refractivity contribution is 0.102. The van der Waals surface area contributed by atoms with Crippen LogP contribution in [0, 0.1) is 0 Å². The zero-order valence-electron chi connectivity index (χ0n) is 15.9. The summed E-state index contributed by atoms with van der Waals surface area (Å²) >= 11 is 4.32. The normalized spacial score (nSPS) is 11.4. The molecule has 0 aliphatic heterocycles. The second kappa shape index (κ2) is 8.26. The van der Waals surface area contributed by atoms with Crippen molar-refractivity contribution in [2.45, 2.75) is 0 Å². The Labute approximate surface area is 185 Å². The molecular weight excluding hydrogens is 461 g/mol. The molecule has 4 rings (SSSR count). The van der Waals surface area contributed by atoms with Gasteiger partial charge in [0.1, 0.15) is 10.7 Å². The first-order valence-electron chi connectivity index (χ1n) is 8.60. The Hall–Kier alpha value is -2.60. The molecule has 0 bridgehead atoms. The summed E-state index contributed by atoms with van der Waals surface area (Å²) < 4.78 is 24.5. The zero-order valence-corrected chi connectivity index (χ0v) is 19.2. The highest BCUT2D eigenvalue weighted by molar-refractivity contribution is 7.92. The highest BCUT2D eigenvalue weighted by Gasteiger charge is 2.15. The predicted molar refractivity (Wildman–Crippen MR) is 124 cm³/mol. The maximum atomic E-state index is 12.5. The summed E-state index contributed by atoms with van der Waals surface area (Å²) in [6.45, 7) is 0. The molecule has 0 fully saturated rings. The minimum Gasteiger partial charge on any atom is -0.296 e. The van der Waals surface area contributed by atoms with Crippen molar-refractivity contribution in [1.82, 2.24) is 9.97 Å². The molecule has 30 heavy (non-hydrogen) atoms. The van der Waals surface area contributed by atoms with E-state index in [0.29, 0.717) is 22.2 Å². The van der Waals surface area contributed by atoms with Gasteiger partial charge in [-0.3, -0.25) is 14.4 Å². The number of rotatable bonds is 6. The van der Waals surface area contributed by atoms with Crippen LogP contribution in [-0.4, -0.2) is 37.6 Å². The third-order valence-corrected chi connectivity index (χ3v) is 7.79. The number of benzene rings is 1. The molecule has 0 saturated heterocycles. The maximum Gasteiger partial charge on any atom is 0.276 e. The quantitative estimate of drug-likeness (QED) is 0.438. The molecule has 154 valence electrons. The summed E-state index contributed by atoms with van der Waals surface area (Å²) in [5.41, 5.74) is 3.44. The van der Waals surface area contributed by atoms with Crippen LogP contribution >= 0.6 is 34.0 Å². The standard InChI is InChI=1S/C19H16N4O3S4/c1-23(30(2,25)26)14-5-3-12(4-6-14)15-10-29-19(21-15)22-17(24)16-11-28-18(20-16)13-7-8-27-9-13/h3-11H,1-2H3,(H,21,22,24). The predicted octanol–water partition coefficient (Wildman–Crippen LogP) is 4.64. The third kappa shape index (κ3) is 4.43. The van der Waals surface area contributed by atoms with Gasteiger partial charge in [-0.25, -0.2) is 18.4 Å².